The van der Waals surface area contributed by atoms with Gasteiger partial charge in [-0.05, 0) is 18.6 Å². The van der Waals surface area contributed by atoms with Crippen LogP contribution in [0.1, 0.15) is 12.6 Å². The van der Waals surface area contributed by atoms with Crippen LogP contribution < -0.4 is 11.1 Å². The monoisotopic (exact) mass is 596 g/mol. The highest BCUT2D eigenvalue weighted by Gasteiger charge is 2.54. The number of rotatable bonds is 7. The normalized spacial score (nSPS) is 24.7. The fourth-order valence-electron chi connectivity index (χ4n) is 3.91. The number of hydrogen-bond acceptors (Lipinski definition) is 14. The van der Waals surface area contributed by atoms with Crippen LogP contribution in [0.5, 0.6) is 0 Å². The molecule has 4 aliphatic rings. The molecule has 1 saturated heterocycles. The first-order valence-electron chi connectivity index (χ1n) is 10.9. The van der Waals surface area contributed by atoms with Gasteiger partial charge in [0.2, 0.25) is 5.17 Å². The number of carbonyl (C=O) groups excluding carboxylic acids is 2. The third kappa shape index (κ3) is 4.72. The fraction of sp³-hybridized carbons (Fsp3) is 0.350. The molecule has 0 bridgehead atoms. The lowest BCUT2D eigenvalue weighted by Crippen LogP contribution is -2.71. The van der Waals surface area contributed by atoms with E-state index < -0.39 is 40.0 Å². The lowest BCUT2D eigenvalue weighted by Gasteiger charge is -2.49. The van der Waals surface area contributed by atoms with Crippen molar-refractivity contribution in [3.05, 3.63) is 34.1 Å². The Morgan fingerprint density at radius 3 is 2.92 bits per heavy atom. The first-order valence-corrected chi connectivity index (χ1v) is 15.0. The van der Waals surface area contributed by atoms with Crippen LogP contribution in [-0.4, -0.2) is 93.8 Å². The van der Waals surface area contributed by atoms with Gasteiger partial charge in [0.05, 0.1) is 6.54 Å². The molecular weight excluding hydrogens is 577 g/mol. The molecule has 0 aliphatic carbocycles. The molecule has 38 heavy (non-hydrogen) atoms. The molecule has 1 fully saturated rings. The Hall–Kier alpha value is -3.22. The zero-order chi connectivity index (χ0) is 27.1. The highest BCUT2D eigenvalue weighted by molar-refractivity contribution is 8.38. The first kappa shape index (κ1) is 26.4. The van der Waals surface area contributed by atoms with Crippen molar-refractivity contribution in [2.45, 2.75) is 18.3 Å². The summed E-state index contributed by atoms with van der Waals surface area (Å²) in [4.78, 5) is 52.3. The number of fused-ring (bicyclic) bond motifs is 2. The predicted octanol–water partition coefficient (Wildman–Crippen LogP) is 0.156. The Morgan fingerprint density at radius 2 is 2.24 bits per heavy atom. The number of oxime groups is 1. The number of allylic oxidation sites excluding steroid dienone is 1. The summed E-state index contributed by atoms with van der Waals surface area (Å²) in [6.07, 6.45) is 1.86. The van der Waals surface area contributed by atoms with E-state index in [0.29, 0.717) is 27.4 Å². The lowest BCUT2D eigenvalue weighted by molar-refractivity contribution is -0.150. The second-order valence-electron chi connectivity index (χ2n) is 8.06. The van der Waals surface area contributed by atoms with Crippen molar-refractivity contribution in [2.75, 3.05) is 30.9 Å². The summed E-state index contributed by atoms with van der Waals surface area (Å²) in [5, 5.41) is 23.6. The van der Waals surface area contributed by atoms with Crippen LogP contribution in [0, 0.1) is 0 Å². The molecule has 14 nitrogen and oxygen atoms in total. The molecule has 1 unspecified atom stereocenters. The van der Waals surface area contributed by atoms with Gasteiger partial charge < -0.3 is 21.0 Å². The number of carboxylic acids is 1. The van der Waals surface area contributed by atoms with Gasteiger partial charge in [-0.1, -0.05) is 16.9 Å². The molecule has 0 radical (unpaired) electrons. The number of aliphatic imine (C=N–C) groups is 1. The molecule has 18 heteroatoms. The summed E-state index contributed by atoms with van der Waals surface area (Å²) >= 11 is 3.58. The summed E-state index contributed by atoms with van der Waals surface area (Å²) in [6, 6.07) is -0.967. The molecule has 4 aliphatic heterocycles. The molecule has 4 N–H and O–H groups in total. The number of hydrogen-bond donors (Lipinski definition) is 3. The van der Waals surface area contributed by atoms with Crippen LogP contribution in [0.4, 0.5) is 5.13 Å². The topological polar surface area (TPSA) is 192 Å². The number of hydrazone groups is 1. The molecule has 0 aromatic carbocycles. The summed E-state index contributed by atoms with van der Waals surface area (Å²) in [5.41, 5.74) is 6.78. The summed E-state index contributed by atoms with van der Waals surface area (Å²) in [5.74, 6) is -2.07. The van der Waals surface area contributed by atoms with E-state index in [-0.39, 0.29) is 28.0 Å². The highest BCUT2D eigenvalue weighted by Crippen LogP contribution is 2.41. The Morgan fingerprint density at radius 1 is 1.45 bits per heavy atom. The molecule has 200 valence electrons. The number of thioether (sulfide) groups is 2. The van der Waals surface area contributed by atoms with Gasteiger partial charge in [0.25, 0.3) is 11.8 Å². The number of nitrogens with one attached hydrogen (secondary N) is 1. The van der Waals surface area contributed by atoms with Gasteiger partial charge in [-0.2, -0.15) is 5.10 Å². The van der Waals surface area contributed by atoms with Gasteiger partial charge in [0.15, 0.2) is 26.0 Å². The molecule has 3 atom stereocenters. The van der Waals surface area contributed by atoms with Gasteiger partial charge >= 0.3 is 5.97 Å². The molecule has 0 spiro atoms. The maximum Gasteiger partial charge on any atom is 0.352 e. The average molecular weight is 597 g/mol. The highest BCUT2D eigenvalue weighted by atomic mass is 32.2. The van der Waals surface area contributed by atoms with Gasteiger partial charge in [-0.25, -0.2) is 24.0 Å². The van der Waals surface area contributed by atoms with Gasteiger partial charge in [0, 0.05) is 22.6 Å². The van der Waals surface area contributed by atoms with Crippen LogP contribution in [0.2, 0.25) is 0 Å². The molecule has 5 heterocycles. The molecular formula is C20H20N8O6S4. The van der Waals surface area contributed by atoms with Crippen LogP contribution in [0.15, 0.2) is 43.7 Å². The Kier molecular flexibility index (Phi) is 7.30. The van der Waals surface area contributed by atoms with E-state index in [2.05, 4.69) is 25.6 Å². The van der Waals surface area contributed by atoms with E-state index in [4.69, 9.17) is 10.6 Å². The van der Waals surface area contributed by atoms with Crippen molar-refractivity contribution in [3.63, 3.8) is 0 Å². The van der Waals surface area contributed by atoms with E-state index in [0.717, 1.165) is 28.8 Å². The van der Waals surface area contributed by atoms with Crippen LogP contribution >= 0.6 is 34.9 Å². The number of aromatic nitrogens is 1. The van der Waals surface area contributed by atoms with Gasteiger partial charge in [0.1, 0.15) is 29.9 Å². The SMILES string of the molecule is CON=C(C(=O)N[C@@H]1C(=O)N2C(C(=O)O)=C(CSC3=NN4CC=C(C)N=C4S3=O)CS[C@H]12)c1csc(N)n1. The Bertz CT molecular complexity index is 1420. The van der Waals surface area contributed by atoms with Gasteiger partial charge in [-0.15, -0.1) is 23.1 Å². The molecule has 1 aromatic heterocycles. The van der Waals surface area contributed by atoms with E-state index in [1.54, 1.807) is 5.01 Å². The van der Waals surface area contributed by atoms with E-state index in [1.165, 1.54) is 29.2 Å². The molecule has 0 saturated carbocycles. The van der Waals surface area contributed by atoms with Crippen molar-refractivity contribution >= 4 is 83.8 Å². The van der Waals surface area contributed by atoms with Crippen molar-refractivity contribution in [2.24, 2.45) is 15.2 Å². The number of amides is 2. The van der Waals surface area contributed by atoms with Crippen molar-refractivity contribution in [1.82, 2.24) is 20.2 Å². The second kappa shape index (κ2) is 10.5. The number of carbonyl (C=O) groups is 3. The Labute approximate surface area is 230 Å². The predicted molar refractivity (Wildman–Crippen MR) is 146 cm³/mol. The smallest absolute Gasteiger partial charge is 0.352 e. The van der Waals surface area contributed by atoms with Gasteiger partial charge in [-0.3, -0.25) is 14.5 Å². The molecule has 1 aromatic rings. The number of aliphatic carboxylic acids is 1. The number of nitrogens with two attached hydrogens (primary N) is 1. The summed E-state index contributed by atoms with van der Waals surface area (Å²) in [6.45, 7) is 2.27. The average Bonchev–Trinajstić information content (AvgIpc) is 3.46. The lowest BCUT2D eigenvalue weighted by atomic mass is 10.0. The van der Waals surface area contributed by atoms with E-state index in [9.17, 15) is 23.7 Å². The number of carboxylic acid groups (broad SMARTS) is 1. The zero-order valence-electron chi connectivity index (χ0n) is 19.8. The largest absolute Gasteiger partial charge is 0.477 e. The van der Waals surface area contributed by atoms with Crippen molar-refractivity contribution in [1.29, 1.82) is 0 Å². The van der Waals surface area contributed by atoms with E-state index >= 15 is 0 Å². The number of amidine groups is 1. The third-order valence-corrected chi connectivity index (χ3v) is 10.3. The Balaban J connectivity index is 1.29. The second-order valence-corrected chi connectivity index (χ2v) is 12.6. The maximum absolute atomic E-state index is 13.0. The third-order valence-electron chi connectivity index (χ3n) is 5.65. The molecule has 5 rings (SSSR count). The number of nitrogen functional groups attached to an aromatic ring is 1. The number of β-lactam (4-membered cyclic amide) rings is 1. The standard InChI is InChI=1S/C20H20N8O6S4/c1-8-3-4-27-19(22-8)38(33)20(25-27)37-6-9-5-35-16-12(15(30)28(16)13(9)17(31)32)24-14(29)11(26-34-2)10-7-36-18(21)23-10/h3,7,12,16H,4-6H2,1-2H3,(H2,21,23)(H,24,29)(H,31,32)/t12-,16-,38?/m1/s1. The number of anilines is 1. The zero-order valence-corrected chi connectivity index (χ0v) is 23.1. The van der Waals surface area contributed by atoms with Crippen LogP contribution in [0.3, 0.4) is 0 Å². The number of thiazole rings is 1. The van der Waals surface area contributed by atoms with Crippen molar-refractivity contribution < 1.29 is 28.5 Å². The maximum atomic E-state index is 13.0. The summed E-state index contributed by atoms with van der Waals surface area (Å²) < 4.78 is 13.1. The van der Waals surface area contributed by atoms with Crippen molar-refractivity contribution in [3.8, 4) is 0 Å². The minimum Gasteiger partial charge on any atom is -0.477 e. The minimum atomic E-state index is -1.56. The first-order chi connectivity index (χ1) is 18.2. The van der Waals surface area contributed by atoms with E-state index in [1.807, 2.05) is 13.0 Å². The van der Waals surface area contributed by atoms with Crippen LogP contribution in [0.25, 0.3) is 0 Å². The fourth-order valence-corrected chi connectivity index (χ4v) is 8.32. The van der Waals surface area contributed by atoms with Crippen LogP contribution in [-0.2, 0) is 30.0 Å². The quantitative estimate of drug-likeness (QED) is 0.221. The minimum absolute atomic E-state index is 0.147. The molecule has 2 amide bonds. The summed E-state index contributed by atoms with van der Waals surface area (Å²) in [7, 11) is -0.290. The number of nitrogens with zero attached hydrogens (tertiary/aromatic N) is 6.